The van der Waals surface area contributed by atoms with Crippen molar-refractivity contribution in [2.24, 2.45) is 0 Å². The second-order valence-corrected chi connectivity index (χ2v) is 7.37. The lowest BCUT2D eigenvalue weighted by Crippen LogP contribution is -2.54. The van der Waals surface area contributed by atoms with Gasteiger partial charge in [0, 0.05) is 0 Å². The van der Waals surface area contributed by atoms with Crippen LogP contribution in [0.1, 0.15) is 31.4 Å². The van der Waals surface area contributed by atoms with Gasteiger partial charge < -0.3 is 4.74 Å². The molecule has 0 atom stereocenters. The van der Waals surface area contributed by atoms with E-state index in [0.717, 1.165) is 23.3 Å². The minimum atomic E-state index is -0.758. The largest absolute Gasteiger partial charge is 0.492 e. The van der Waals surface area contributed by atoms with E-state index in [0.29, 0.717) is 28.1 Å². The Morgan fingerprint density at radius 1 is 1.07 bits per heavy atom. The Kier molecular flexibility index (Phi) is 6.49. The monoisotopic (exact) mass is 456 g/mol. The average Bonchev–Trinajstić information content (AvgIpc) is 2.71. The molecule has 6 nitrogen and oxygen atoms in total. The van der Waals surface area contributed by atoms with Gasteiger partial charge in [-0.1, -0.05) is 32.0 Å². The predicted octanol–water partition coefficient (Wildman–Crippen LogP) is 4.47. The van der Waals surface area contributed by atoms with Gasteiger partial charge in [0.15, 0.2) is 0 Å². The van der Waals surface area contributed by atoms with Crippen molar-refractivity contribution in [1.29, 1.82) is 0 Å². The van der Waals surface area contributed by atoms with E-state index in [4.69, 9.17) is 4.74 Å². The molecule has 2 aromatic carbocycles. The summed E-state index contributed by atoms with van der Waals surface area (Å²) in [6.45, 7) is 4.63. The van der Waals surface area contributed by atoms with Crippen LogP contribution in [0.2, 0.25) is 0 Å². The second-order valence-electron chi connectivity index (χ2n) is 6.52. The molecule has 1 heterocycles. The molecule has 0 saturated carbocycles. The lowest BCUT2D eigenvalue weighted by Gasteiger charge is -2.26. The van der Waals surface area contributed by atoms with Crippen molar-refractivity contribution < 1.29 is 19.1 Å². The highest BCUT2D eigenvalue weighted by atomic mass is 79.9. The van der Waals surface area contributed by atoms with Crippen molar-refractivity contribution in [1.82, 2.24) is 5.32 Å². The maximum absolute atomic E-state index is 12.9. The molecule has 0 spiro atoms. The number of hydrogen-bond donors (Lipinski definition) is 1. The third kappa shape index (κ3) is 4.56. The van der Waals surface area contributed by atoms with E-state index in [2.05, 4.69) is 21.2 Å². The highest BCUT2D eigenvalue weighted by Gasteiger charge is 2.36. The number of nitrogens with zero attached hydrogens (tertiary/aromatic N) is 1. The Labute approximate surface area is 177 Å². The summed E-state index contributed by atoms with van der Waals surface area (Å²) >= 11 is 3.44. The molecule has 1 aliphatic rings. The number of anilines is 1. The van der Waals surface area contributed by atoms with Gasteiger partial charge in [-0.05, 0) is 70.2 Å². The molecule has 0 aromatic heterocycles. The van der Waals surface area contributed by atoms with E-state index in [1.807, 2.05) is 26.0 Å². The summed E-state index contributed by atoms with van der Waals surface area (Å²) in [5.41, 5.74) is 2.02. The zero-order valence-corrected chi connectivity index (χ0v) is 17.8. The number of aryl methyl sites for hydroxylation is 1. The van der Waals surface area contributed by atoms with E-state index in [1.54, 1.807) is 30.3 Å². The van der Waals surface area contributed by atoms with Gasteiger partial charge in [0.05, 0.1) is 16.8 Å². The quantitative estimate of drug-likeness (QED) is 0.513. The van der Waals surface area contributed by atoms with Crippen LogP contribution in [0.5, 0.6) is 5.75 Å². The molecule has 0 radical (unpaired) electrons. The molecule has 150 valence electrons. The van der Waals surface area contributed by atoms with Gasteiger partial charge in [-0.2, -0.15) is 0 Å². The van der Waals surface area contributed by atoms with Crippen molar-refractivity contribution >= 4 is 45.5 Å². The summed E-state index contributed by atoms with van der Waals surface area (Å²) in [6, 6.07) is 11.6. The van der Waals surface area contributed by atoms with E-state index < -0.39 is 17.8 Å². The first-order valence-electron chi connectivity index (χ1n) is 9.37. The normalized spacial score (nSPS) is 15.6. The minimum Gasteiger partial charge on any atom is -0.492 e. The first kappa shape index (κ1) is 20.8. The fraction of sp³-hybridized carbons (Fsp3) is 0.227. The third-order valence-electron chi connectivity index (χ3n) is 4.43. The highest BCUT2D eigenvalue weighted by molar-refractivity contribution is 9.10. The van der Waals surface area contributed by atoms with Crippen LogP contribution >= 0.6 is 15.9 Å². The first-order valence-corrected chi connectivity index (χ1v) is 10.2. The SMILES string of the molecule is CCCOc1ccc(/C=C2\C(=O)NC(=O)N(c3ccc(CC)cc3)C2=O)cc1Br. The number of carbonyl (C=O) groups excluding carboxylic acids is 3. The van der Waals surface area contributed by atoms with Crippen LogP contribution in [0.15, 0.2) is 52.5 Å². The molecular formula is C22H21BrN2O4. The van der Waals surface area contributed by atoms with Crippen LogP contribution in [-0.2, 0) is 16.0 Å². The molecule has 0 bridgehead atoms. The lowest BCUT2D eigenvalue weighted by atomic mass is 10.1. The molecule has 3 rings (SSSR count). The maximum atomic E-state index is 12.9. The summed E-state index contributed by atoms with van der Waals surface area (Å²) in [5.74, 6) is -0.699. The van der Waals surface area contributed by atoms with Crippen molar-refractivity contribution in [2.75, 3.05) is 11.5 Å². The lowest BCUT2D eigenvalue weighted by molar-refractivity contribution is -0.122. The molecule has 0 aliphatic carbocycles. The van der Waals surface area contributed by atoms with E-state index in [1.165, 1.54) is 6.08 Å². The first-order chi connectivity index (χ1) is 13.9. The second kappa shape index (κ2) is 9.05. The summed E-state index contributed by atoms with van der Waals surface area (Å²) in [5, 5.41) is 2.23. The van der Waals surface area contributed by atoms with Crippen LogP contribution in [-0.4, -0.2) is 24.5 Å². The minimum absolute atomic E-state index is 0.113. The fourth-order valence-corrected chi connectivity index (χ4v) is 3.39. The Bertz CT molecular complexity index is 983. The Morgan fingerprint density at radius 3 is 2.41 bits per heavy atom. The number of halogens is 1. The van der Waals surface area contributed by atoms with Crippen LogP contribution in [0.3, 0.4) is 0 Å². The molecule has 1 N–H and O–H groups in total. The number of ether oxygens (including phenoxy) is 1. The fourth-order valence-electron chi connectivity index (χ4n) is 2.88. The molecule has 1 fully saturated rings. The number of nitrogens with one attached hydrogen (secondary N) is 1. The number of carbonyl (C=O) groups is 3. The van der Waals surface area contributed by atoms with Gasteiger partial charge in [-0.3, -0.25) is 14.9 Å². The zero-order valence-electron chi connectivity index (χ0n) is 16.2. The van der Waals surface area contributed by atoms with Crippen molar-refractivity contribution in [3.63, 3.8) is 0 Å². The molecule has 2 aromatic rings. The summed E-state index contributed by atoms with van der Waals surface area (Å²) in [4.78, 5) is 38.5. The van der Waals surface area contributed by atoms with Gasteiger partial charge in [0.1, 0.15) is 11.3 Å². The van der Waals surface area contributed by atoms with Gasteiger partial charge in [-0.15, -0.1) is 0 Å². The summed E-state index contributed by atoms with van der Waals surface area (Å²) in [6.07, 6.45) is 3.19. The van der Waals surface area contributed by atoms with Crippen LogP contribution < -0.4 is 15.0 Å². The van der Waals surface area contributed by atoms with Gasteiger partial charge in [-0.25, -0.2) is 9.69 Å². The van der Waals surface area contributed by atoms with E-state index in [-0.39, 0.29) is 5.57 Å². The molecule has 1 saturated heterocycles. The number of benzene rings is 2. The average molecular weight is 457 g/mol. The maximum Gasteiger partial charge on any atom is 0.335 e. The Balaban J connectivity index is 1.91. The standard InChI is InChI=1S/C22H21BrN2O4/c1-3-11-29-19-10-7-15(13-18(19)23)12-17-20(26)24-22(28)25(21(17)27)16-8-5-14(4-2)6-9-16/h5-10,12-13H,3-4,11H2,1-2H3,(H,24,26,28)/b17-12+. The third-order valence-corrected chi connectivity index (χ3v) is 5.05. The van der Waals surface area contributed by atoms with Gasteiger partial charge >= 0.3 is 6.03 Å². The Hall–Kier alpha value is -2.93. The molecule has 29 heavy (non-hydrogen) atoms. The number of imide groups is 2. The summed E-state index contributed by atoms with van der Waals surface area (Å²) in [7, 11) is 0. The van der Waals surface area contributed by atoms with Crippen molar-refractivity contribution in [2.45, 2.75) is 26.7 Å². The molecule has 1 aliphatic heterocycles. The molecular weight excluding hydrogens is 436 g/mol. The number of hydrogen-bond acceptors (Lipinski definition) is 4. The predicted molar refractivity (Wildman–Crippen MR) is 115 cm³/mol. The van der Waals surface area contributed by atoms with E-state index in [9.17, 15) is 14.4 Å². The molecule has 0 unspecified atom stereocenters. The number of barbiturate groups is 1. The zero-order chi connectivity index (χ0) is 21.0. The van der Waals surface area contributed by atoms with Crippen LogP contribution in [0.4, 0.5) is 10.5 Å². The number of urea groups is 1. The number of rotatable bonds is 6. The molecule has 4 amide bonds. The summed E-state index contributed by atoms with van der Waals surface area (Å²) < 4.78 is 6.33. The molecule has 7 heteroatoms. The number of amides is 4. The van der Waals surface area contributed by atoms with Gasteiger partial charge in [0.25, 0.3) is 11.8 Å². The van der Waals surface area contributed by atoms with Crippen molar-refractivity contribution in [3.05, 3.63) is 63.6 Å². The topological polar surface area (TPSA) is 75.7 Å². The van der Waals surface area contributed by atoms with E-state index >= 15 is 0 Å². The van der Waals surface area contributed by atoms with Crippen molar-refractivity contribution in [3.8, 4) is 5.75 Å². The van der Waals surface area contributed by atoms with Crippen LogP contribution in [0, 0.1) is 0 Å². The smallest absolute Gasteiger partial charge is 0.335 e. The highest BCUT2D eigenvalue weighted by Crippen LogP contribution is 2.28. The van der Waals surface area contributed by atoms with Gasteiger partial charge in [0.2, 0.25) is 0 Å². The Morgan fingerprint density at radius 2 is 1.79 bits per heavy atom. The van der Waals surface area contributed by atoms with Crippen LogP contribution in [0.25, 0.3) is 6.08 Å².